The number of carbonyl (C=O) groups excluding carboxylic acids is 1. The Morgan fingerprint density at radius 3 is 2.59 bits per heavy atom. The number of carbonyl (C=O) groups is 2. The molecule has 0 saturated heterocycles. The Labute approximate surface area is 232 Å². The highest BCUT2D eigenvalue weighted by atomic mass is 32.2. The van der Waals surface area contributed by atoms with E-state index in [2.05, 4.69) is 64.5 Å². The van der Waals surface area contributed by atoms with Gasteiger partial charge in [0, 0.05) is 30.1 Å². The molecule has 37 heavy (non-hydrogen) atoms. The van der Waals surface area contributed by atoms with Gasteiger partial charge in [-0.25, -0.2) is 9.78 Å². The van der Waals surface area contributed by atoms with Gasteiger partial charge in [-0.3, -0.25) is 4.79 Å². The molecule has 4 atom stereocenters. The minimum absolute atomic E-state index is 0.0821. The van der Waals surface area contributed by atoms with Crippen molar-refractivity contribution in [1.82, 2.24) is 4.98 Å². The van der Waals surface area contributed by atoms with Crippen LogP contribution in [0.4, 0.5) is 0 Å². The molecule has 1 N–H and O–H groups in total. The second-order valence-corrected chi connectivity index (χ2v) is 18.6. The number of aromatic carboxylic acids is 1. The largest absolute Gasteiger partial charge is 0.476 e. The summed E-state index contributed by atoms with van der Waals surface area (Å²) in [5, 5.41) is 10.8. The van der Waals surface area contributed by atoms with Gasteiger partial charge in [0.1, 0.15) is 6.10 Å². The van der Waals surface area contributed by atoms with Crippen molar-refractivity contribution in [2.24, 2.45) is 11.8 Å². The number of hydrogen-bond donors (Lipinski definition) is 1. The summed E-state index contributed by atoms with van der Waals surface area (Å²) in [4.78, 5) is 27.0. The fourth-order valence-electron chi connectivity index (χ4n) is 4.39. The van der Waals surface area contributed by atoms with Gasteiger partial charge in [-0.05, 0) is 69.5 Å². The molecule has 1 aliphatic carbocycles. The van der Waals surface area contributed by atoms with E-state index >= 15 is 0 Å². The van der Waals surface area contributed by atoms with Crippen molar-refractivity contribution in [2.45, 2.75) is 108 Å². The fourth-order valence-corrected chi connectivity index (χ4v) is 7.71. The van der Waals surface area contributed by atoms with Crippen molar-refractivity contribution in [3.63, 3.8) is 0 Å². The van der Waals surface area contributed by atoms with Crippen LogP contribution in [0.5, 0.6) is 0 Å². The van der Waals surface area contributed by atoms with E-state index in [4.69, 9.17) is 14.3 Å². The van der Waals surface area contributed by atoms with Crippen LogP contribution in [0, 0.1) is 11.8 Å². The van der Waals surface area contributed by atoms with Gasteiger partial charge in [-0.15, -0.1) is 17.9 Å². The van der Waals surface area contributed by atoms with Gasteiger partial charge in [0.15, 0.2) is 18.4 Å². The van der Waals surface area contributed by atoms with Gasteiger partial charge in [0.05, 0.1) is 0 Å². The number of nitrogens with zero attached hydrogens (tertiary/aromatic N) is 1. The predicted octanol–water partition coefficient (Wildman–Crippen LogP) is 7.97. The summed E-state index contributed by atoms with van der Waals surface area (Å²) in [6.07, 6.45) is 10.2. The van der Waals surface area contributed by atoms with E-state index in [-0.39, 0.29) is 34.8 Å². The molecule has 0 radical (unpaired) electrons. The number of ether oxygens (including phenoxy) is 1. The normalized spacial score (nSPS) is 21.3. The van der Waals surface area contributed by atoms with Crippen LogP contribution in [0.1, 0.15) is 83.6 Å². The lowest BCUT2D eigenvalue weighted by Crippen LogP contribution is -2.43. The molecule has 1 unspecified atom stereocenters. The molecule has 1 fully saturated rings. The lowest BCUT2D eigenvalue weighted by molar-refractivity contribution is -0.148. The number of rotatable bonds is 14. The van der Waals surface area contributed by atoms with Crippen LogP contribution in [-0.2, 0) is 14.0 Å². The molecule has 6 nitrogen and oxygen atoms in total. The number of carboxylic acid groups (broad SMARTS) is 1. The zero-order valence-electron chi connectivity index (χ0n) is 23.5. The highest BCUT2D eigenvalue weighted by Gasteiger charge is 2.39. The summed E-state index contributed by atoms with van der Waals surface area (Å²) in [5.74, 6) is 0.140. The third-order valence-corrected chi connectivity index (χ3v) is 14.0. The van der Waals surface area contributed by atoms with Crippen LogP contribution in [0.3, 0.4) is 0 Å². The van der Waals surface area contributed by atoms with Crippen molar-refractivity contribution in [3.05, 3.63) is 35.4 Å². The first kappa shape index (κ1) is 31.8. The van der Waals surface area contributed by atoms with Crippen LogP contribution >= 0.6 is 23.1 Å². The summed E-state index contributed by atoms with van der Waals surface area (Å²) in [6, 6.07) is 0. The lowest BCUT2D eigenvalue weighted by atomic mass is 9.91. The second kappa shape index (κ2) is 14.1. The number of hydrogen-bond acceptors (Lipinski definition) is 7. The van der Waals surface area contributed by atoms with Gasteiger partial charge in [0.2, 0.25) is 0 Å². The van der Waals surface area contributed by atoms with Crippen molar-refractivity contribution in [3.8, 4) is 0 Å². The maximum Gasteiger partial charge on any atom is 0.355 e. The number of carboxylic acids is 1. The molecule has 208 valence electrons. The van der Waals surface area contributed by atoms with E-state index in [1.807, 2.05) is 0 Å². The minimum Gasteiger partial charge on any atom is -0.476 e. The molecular weight excluding hydrogens is 523 g/mol. The molecule has 0 aliphatic heterocycles. The van der Waals surface area contributed by atoms with Crippen LogP contribution in [0.25, 0.3) is 0 Å². The van der Waals surface area contributed by atoms with Crippen LogP contribution < -0.4 is 0 Å². The molecule has 2 rings (SSSR count). The molecule has 1 aliphatic rings. The first-order chi connectivity index (χ1) is 17.2. The molecular formula is C28H45NO5S2Si. The first-order valence-corrected chi connectivity index (χ1v) is 17.9. The Balaban J connectivity index is 2.05. The molecule has 0 aromatic carbocycles. The second-order valence-electron chi connectivity index (χ2n) is 11.7. The standard InChI is InChI=1S/C28H45NO5S2Si/c1-19(2)12-14-22(34-37(7,8)28(4,5)6)11-9-10-21-13-15-25(33-20(3)30)23(21)16-17-35-27-29-24(18-36-27)26(31)32/h9-10,18,21-23,25H,1,11-17H2,2-8H3,(H,31,32)/t21-,22?,23+,25-/m0/s1. The number of thioether (sulfide) groups is 1. The molecule has 1 saturated carbocycles. The van der Waals surface area contributed by atoms with E-state index < -0.39 is 14.3 Å². The van der Waals surface area contributed by atoms with Gasteiger partial charge in [-0.2, -0.15) is 0 Å². The first-order valence-electron chi connectivity index (χ1n) is 13.2. The number of aromatic nitrogens is 1. The highest BCUT2D eigenvalue weighted by molar-refractivity contribution is 8.01. The van der Waals surface area contributed by atoms with Gasteiger partial charge < -0.3 is 14.3 Å². The molecule has 9 heteroatoms. The Morgan fingerprint density at radius 2 is 2.03 bits per heavy atom. The Morgan fingerprint density at radius 1 is 1.32 bits per heavy atom. The monoisotopic (exact) mass is 567 g/mol. The predicted molar refractivity (Wildman–Crippen MR) is 156 cm³/mol. The number of esters is 1. The van der Waals surface area contributed by atoms with E-state index in [1.54, 1.807) is 17.1 Å². The van der Waals surface area contributed by atoms with Crippen LogP contribution in [0.2, 0.25) is 18.1 Å². The summed E-state index contributed by atoms with van der Waals surface area (Å²) < 4.78 is 13.2. The maximum atomic E-state index is 11.7. The van der Waals surface area contributed by atoms with Crippen molar-refractivity contribution >= 4 is 43.4 Å². The van der Waals surface area contributed by atoms with Gasteiger partial charge in [-0.1, -0.05) is 50.3 Å². The average Bonchev–Trinajstić information content (AvgIpc) is 3.38. The van der Waals surface area contributed by atoms with E-state index in [0.717, 1.165) is 48.6 Å². The summed E-state index contributed by atoms with van der Waals surface area (Å²) in [7, 11) is -1.89. The van der Waals surface area contributed by atoms with E-state index in [9.17, 15) is 9.59 Å². The SMILES string of the molecule is C=C(C)CCC(CC=C[C@H]1CC[C@H](OC(C)=O)[C@@H]1CCSc1nc(C(=O)O)cs1)O[Si](C)(C)C(C)(C)C. The number of thiazole rings is 1. The van der Waals surface area contributed by atoms with Crippen molar-refractivity contribution in [1.29, 1.82) is 0 Å². The topological polar surface area (TPSA) is 85.7 Å². The van der Waals surface area contributed by atoms with Gasteiger partial charge in [0.25, 0.3) is 0 Å². The quantitative estimate of drug-likeness (QED) is 0.106. The summed E-state index contributed by atoms with van der Waals surface area (Å²) >= 11 is 2.93. The molecule has 1 aromatic heterocycles. The zero-order valence-corrected chi connectivity index (χ0v) is 26.2. The molecule has 0 amide bonds. The smallest absolute Gasteiger partial charge is 0.355 e. The van der Waals surface area contributed by atoms with Gasteiger partial charge >= 0.3 is 11.9 Å². The summed E-state index contributed by atoms with van der Waals surface area (Å²) in [6.45, 7) is 19.1. The maximum absolute atomic E-state index is 11.7. The van der Waals surface area contributed by atoms with Crippen LogP contribution in [0.15, 0.2) is 34.0 Å². The third kappa shape index (κ3) is 10.3. The summed E-state index contributed by atoms with van der Waals surface area (Å²) in [5.41, 5.74) is 1.27. The third-order valence-electron chi connectivity index (χ3n) is 7.45. The molecule has 0 spiro atoms. The van der Waals surface area contributed by atoms with Crippen LogP contribution in [-0.4, -0.2) is 48.3 Å². The Bertz CT molecular complexity index is 953. The molecule has 0 bridgehead atoms. The highest BCUT2D eigenvalue weighted by Crippen LogP contribution is 2.40. The Hall–Kier alpha value is -1.42. The van der Waals surface area contributed by atoms with E-state index in [1.165, 1.54) is 23.8 Å². The van der Waals surface area contributed by atoms with Crippen molar-refractivity contribution in [2.75, 3.05) is 5.75 Å². The zero-order chi connectivity index (χ0) is 27.8. The lowest BCUT2D eigenvalue weighted by Gasteiger charge is -2.39. The average molecular weight is 568 g/mol. The fraction of sp³-hybridized carbons (Fsp3) is 0.679. The van der Waals surface area contributed by atoms with Crippen molar-refractivity contribution < 1.29 is 23.9 Å². The Kier molecular flexibility index (Phi) is 12.1. The number of allylic oxidation sites excluding steroid dienone is 2. The molecule has 1 heterocycles. The van der Waals surface area contributed by atoms with E-state index in [0.29, 0.717) is 5.92 Å². The molecule has 1 aromatic rings. The minimum atomic E-state index is -1.89.